The van der Waals surface area contributed by atoms with E-state index in [4.69, 9.17) is 0 Å². The summed E-state index contributed by atoms with van der Waals surface area (Å²) in [5.41, 5.74) is -1.31. The van der Waals surface area contributed by atoms with Gasteiger partial charge in [0.25, 0.3) is 0 Å². The van der Waals surface area contributed by atoms with Crippen molar-refractivity contribution in [1.82, 2.24) is 27.9 Å². The zero-order chi connectivity index (χ0) is 29.7. The zero-order valence-corrected chi connectivity index (χ0v) is 24.8. The van der Waals surface area contributed by atoms with Crippen LogP contribution in [0.1, 0.15) is 13.0 Å². The van der Waals surface area contributed by atoms with Crippen molar-refractivity contribution >= 4 is 0 Å². The fourth-order valence-electron chi connectivity index (χ4n) is 6.33. The van der Waals surface area contributed by atoms with Gasteiger partial charge in [0, 0.05) is 5.92 Å². The van der Waals surface area contributed by atoms with Crippen molar-refractivity contribution in [2.45, 2.75) is 31.6 Å². The molecule has 2 saturated carbocycles. The van der Waals surface area contributed by atoms with E-state index < -0.39 is 34.3 Å². The van der Waals surface area contributed by atoms with Gasteiger partial charge in [0.1, 0.15) is 5.54 Å². The van der Waals surface area contributed by atoms with Crippen molar-refractivity contribution in [3.05, 3.63) is 178 Å². The fourth-order valence-corrected chi connectivity index (χ4v) is 6.33. The van der Waals surface area contributed by atoms with Crippen LogP contribution in [0.15, 0.2) is 91.5 Å². The van der Waals surface area contributed by atoms with Crippen LogP contribution in [0.3, 0.4) is 0 Å². The molecule has 0 spiro atoms. The second-order valence-electron chi connectivity index (χ2n) is 10.8. The van der Waals surface area contributed by atoms with Gasteiger partial charge in [-0.1, -0.05) is 42.5 Å². The average Bonchev–Trinajstić information content (AvgIpc) is 3.84. The molecule has 4 aromatic rings. The van der Waals surface area contributed by atoms with Crippen molar-refractivity contribution in [2.24, 2.45) is 0 Å². The molecule has 10 radical (unpaired) electrons. The van der Waals surface area contributed by atoms with Crippen molar-refractivity contribution < 1.29 is 17.1 Å². The van der Waals surface area contributed by atoms with Crippen molar-refractivity contribution in [3.63, 3.8) is 0 Å². The van der Waals surface area contributed by atoms with Crippen LogP contribution < -0.4 is 22.8 Å². The first kappa shape index (κ1) is 30.2. The molecule has 4 heterocycles. The normalized spacial score (nSPS) is 22.2. The smallest absolute Gasteiger partial charge is 0.246 e. The Morgan fingerprint density at radius 2 is 1.14 bits per heavy atom. The second-order valence-corrected chi connectivity index (χ2v) is 10.8. The molecule has 8 rings (SSSR count). The summed E-state index contributed by atoms with van der Waals surface area (Å²) in [5.74, 6) is 0.814. The van der Waals surface area contributed by atoms with Crippen LogP contribution in [0.25, 0.3) is 11.4 Å². The third kappa shape index (κ3) is 4.68. The first-order valence-corrected chi connectivity index (χ1v) is 14.0. The van der Waals surface area contributed by atoms with Crippen LogP contribution in [-0.2, 0) is 35.7 Å². The zero-order valence-electron chi connectivity index (χ0n) is 23.7. The van der Waals surface area contributed by atoms with Crippen molar-refractivity contribution in [2.75, 3.05) is 0 Å². The molecule has 2 atom stereocenters. The molecule has 2 aromatic heterocycles. The minimum Gasteiger partial charge on any atom is -0.246 e. The van der Waals surface area contributed by atoms with E-state index in [1.54, 1.807) is 48.5 Å². The summed E-state index contributed by atoms with van der Waals surface area (Å²) in [5, 5.41) is 0. The molecule has 2 unspecified atom stereocenters. The van der Waals surface area contributed by atoms with Crippen LogP contribution in [-0.4, -0.2) is 27.9 Å². The molecule has 220 valence electrons. The number of para-hydroxylation sites is 2. The number of fused-ring (bicyclic) bond motifs is 4. The molecule has 0 amide bonds. The maximum Gasteiger partial charge on any atom is 2.00 e. The maximum absolute atomic E-state index is 13.9. The third-order valence-electron chi connectivity index (χ3n) is 8.24. The number of hydrogen-bond donors (Lipinski definition) is 0. The predicted octanol–water partition coefficient (Wildman–Crippen LogP) is 2.25. The summed E-state index contributed by atoms with van der Waals surface area (Å²) >= 11 is 0. The summed E-state index contributed by atoms with van der Waals surface area (Å²) in [6.45, 7) is 2.01. The Morgan fingerprint density at radius 1 is 0.636 bits per heavy atom. The Bertz CT molecular complexity index is 1910. The Labute approximate surface area is 265 Å². The third-order valence-corrected chi connectivity index (χ3v) is 8.24. The fraction of sp³-hybridized carbons (Fsp3) is 0.152. The van der Waals surface area contributed by atoms with Gasteiger partial charge in [-0.2, -0.15) is 0 Å². The first-order valence-electron chi connectivity index (χ1n) is 14.0. The van der Waals surface area contributed by atoms with Gasteiger partial charge in [-0.15, -0.1) is 0 Å². The molecule has 0 bridgehead atoms. The molecule has 10 nitrogen and oxygen atoms in total. The van der Waals surface area contributed by atoms with E-state index in [9.17, 15) is 19.2 Å². The van der Waals surface area contributed by atoms with Gasteiger partial charge >= 0.3 is 39.8 Å². The molecule has 2 aliphatic carbocycles. The molecule has 2 aromatic carbocycles. The van der Waals surface area contributed by atoms with Gasteiger partial charge in [-0.3, -0.25) is 0 Å². The van der Waals surface area contributed by atoms with Crippen LogP contribution in [0, 0.1) is 63.7 Å². The van der Waals surface area contributed by atoms with E-state index in [1.807, 2.05) is 82.9 Å². The summed E-state index contributed by atoms with van der Waals surface area (Å²) < 4.78 is 8.05. The Morgan fingerprint density at radius 3 is 1.68 bits per heavy atom. The molecule has 44 heavy (non-hydrogen) atoms. The number of rotatable bonds is 3. The first-order chi connectivity index (χ1) is 20.9. The molecule has 0 saturated heterocycles. The number of nitrogens with zero attached hydrogens (tertiary/aromatic N) is 6. The minimum absolute atomic E-state index is 0. The SMILES string of the molecule is CC12Cn3c(=O)n(-c4ccccc4)c(=O)n3C([C]3[CH][CH][CH][CH]3)C1=CCn1c(=O)n(-c3ccccc3)c(=O)n12.[CH]1[CH][CH][CH][CH]1.[Fe+2]. The predicted molar refractivity (Wildman–Crippen MR) is 161 cm³/mol. The Kier molecular flexibility index (Phi) is 8.20. The minimum atomic E-state index is -1.09. The van der Waals surface area contributed by atoms with Gasteiger partial charge in [-0.25, -0.2) is 47.0 Å². The number of allylic oxidation sites excluding steroid dienone is 2. The summed E-state index contributed by atoms with van der Waals surface area (Å²) in [7, 11) is 0. The monoisotopic (exact) mass is 628 g/mol. The van der Waals surface area contributed by atoms with E-state index in [0.29, 0.717) is 11.4 Å². The number of aromatic nitrogens is 6. The topological polar surface area (TPSA) is 97.9 Å². The molecule has 0 N–H and O–H groups in total. The number of benzene rings is 2. The number of hydrogen-bond acceptors (Lipinski definition) is 4. The van der Waals surface area contributed by atoms with Crippen molar-refractivity contribution in [1.29, 1.82) is 0 Å². The molecule has 2 aliphatic heterocycles. The Hall–Kier alpha value is -3.82. The van der Waals surface area contributed by atoms with Gasteiger partial charge in [0.2, 0.25) is 0 Å². The summed E-state index contributed by atoms with van der Waals surface area (Å²) in [4.78, 5) is 55.0. The van der Waals surface area contributed by atoms with Crippen LogP contribution in [0.4, 0.5) is 0 Å². The molecular weight excluding hydrogens is 600 g/mol. The van der Waals surface area contributed by atoms with Gasteiger partial charge < -0.3 is 0 Å². The van der Waals surface area contributed by atoms with Crippen LogP contribution in [0.2, 0.25) is 0 Å². The molecule has 11 heteroatoms. The van der Waals surface area contributed by atoms with E-state index in [-0.39, 0.29) is 30.2 Å². The maximum atomic E-state index is 13.9. The van der Waals surface area contributed by atoms with Crippen molar-refractivity contribution in [3.8, 4) is 11.4 Å². The van der Waals surface area contributed by atoms with E-state index in [2.05, 4.69) is 0 Å². The second kappa shape index (κ2) is 11.9. The quantitative estimate of drug-likeness (QED) is 0.257. The van der Waals surface area contributed by atoms with Crippen LogP contribution >= 0.6 is 0 Å². The molecular formula is C33H28FeN6O4+2. The molecule has 4 aliphatic rings. The van der Waals surface area contributed by atoms with Gasteiger partial charge in [0.05, 0.1) is 30.5 Å². The average molecular weight is 628 g/mol. The van der Waals surface area contributed by atoms with E-state index in [1.165, 1.54) is 18.7 Å². The van der Waals surface area contributed by atoms with Gasteiger partial charge in [0.15, 0.2) is 0 Å². The molecule has 2 fully saturated rings. The summed E-state index contributed by atoms with van der Waals surface area (Å²) in [6.07, 6.45) is 19.5. The van der Waals surface area contributed by atoms with Gasteiger partial charge in [-0.05, 0) is 94.5 Å². The van der Waals surface area contributed by atoms with E-state index >= 15 is 0 Å². The summed E-state index contributed by atoms with van der Waals surface area (Å²) in [6, 6.07) is 16.9. The Balaban J connectivity index is 0.000000522. The van der Waals surface area contributed by atoms with Crippen LogP contribution in [0.5, 0.6) is 0 Å². The largest absolute Gasteiger partial charge is 2.00 e. The van der Waals surface area contributed by atoms with E-state index in [0.717, 1.165) is 20.6 Å². The standard InChI is InChI=1S/C28H23N6O4.C5H5.Fe/c1-28-18-30-25(36)31(20-12-4-2-5-13-20)26(37)33(30)23(19-10-8-9-11-19)22(28)16-17-29-24(35)32(27(38)34(28)29)21-14-6-3-7-15-21;1-2-4-5-3-1;/h2-16,23H,17-18H2,1H3;1-5H;/q;;+2.